The molecule has 1 saturated carbocycles. The van der Waals surface area contributed by atoms with Crippen molar-refractivity contribution in [2.45, 2.75) is 38.1 Å². The van der Waals surface area contributed by atoms with Crippen molar-refractivity contribution in [3.63, 3.8) is 0 Å². The lowest BCUT2D eigenvalue weighted by Crippen LogP contribution is -2.29. The summed E-state index contributed by atoms with van der Waals surface area (Å²) in [6.45, 7) is -0.224. The normalized spacial score (nSPS) is 15.6. The Bertz CT molecular complexity index is 851. The van der Waals surface area contributed by atoms with Crippen LogP contribution in [0.15, 0.2) is 53.7 Å². The molecular weight excluding hydrogens is 330 g/mol. The maximum absolute atomic E-state index is 13.0. The molecule has 0 bridgehead atoms. The molecule has 136 valence electrons. The van der Waals surface area contributed by atoms with Crippen LogP contribution in [0.25, 0.3) is 0 Å². The second-order valence-corrected chi connectivity index (χ2v) is 6.44. The van der Waals surface area contributed by atoms with Crippen LogP contribution in [0, 0.1) is 0 Å². The summed E-state index contributed by atoms with van der Waals surface area (Å²) in [6.07, 6.45) is 7.50. The molecule has 2 aromatic rings. The van der Waals surface area contributed by atoms with E-state index in [1.54, 1.807) is 35.0 Å². The molecule has 0 spiro atoms. The molecule has 1 heterocycles. The molecule has 0 unspecified atom stereocenters. The quantitative estimate of drug-likeness (QED) is 0.894. The highest BCUT2D eigenvalue weighted by molar-refractivity contribution is 5.96. The average molecular weight is 353 g/mol. The van der Waals surface area contributed by atoms with Gasteiger partial charge in [-0.1, -0.05) is 31.4 Å². The minimum Gasteiger partial charge on any atom is -0.484 e. The van der Waals surface area contributed by atoms with Crippen LogP contribution in [-0.2, 0) is 4.79 Å². The molecule has 2 N–H and O–H groups in total. The van der Waals surface area contributed by atoms with Crippen LogP contribution < -0.4 is 16.0 Å². The van der Waals surface area contributed by atoms with Gasteiger partial charge in [-0.25, -0.2) is 0 Å². The maximum atomic E-state index is 13.0. The zero-order valence-electron chi connectivity index (χ0n) is 14.6. The van der Waals surface area contributed by atoms with Crippen LogP contribution in [-0.4, -0.2) is 29.0 Å². The van der Waals surface area contributed by atoms with E-state index in [1.165, 1.54) is 19.3 Å². The van der Waals surface area contributed by atoms with E-state index in [9.17, 15) is 9.59 Å². The molecule has 0 atom stereocenters. The van der Waals surface area contributed by atoms with E-state index in [0.29, 0.717) is 16.8 Å². The van der Waals surface area contributed by atoms with Crippen LogP contribution in [0.5, 0.6) is 5.75 Å². The highest BCUT2D eigenvalue weighted by Crippen LogP contribution is 2.19. The van der Waals surface area contributed by atoms with Crippen molar-refractivity contribution in [2.75, 3.05) is 6.61 Å². The van der Waals surface area contributed by atoms with Crippen molar-refractivity contribution < 1.29 is 14.3 Å². The molecule has 1 aromatic carbocycles. The van der Waals surface area contributed by atoms with Gasteiger partial charge in [0.15, 0.2) is 6.61 Å². The Morgan fingerprint density at radius 3 is 2.69 bits per heavy atom. The fraction of sp³-hybridized carbons (Fsp3) is 0.350. The van der Waals surface area contributed by atoms with E-state index in [2.05, 4.69) is 0 Å². The number of pyridine rings is 1. The molecule has 1 amide bonds. The Kier molecular flexibility index (Phi) is 5.84. The predicted octanol–water partition coefficient (Wildman–Crippen LogP) is 2.27. The molecule has 1 fully saturated rings. The predicted molar refractivity (Wildman–Crippen MR) is 97.7 cm³/mol. The largest absolute Gasteiger partial charge is 0.484 e. The van der Waals surface area contributed by atoms with Crippen molar-refractivity contribution in [3.05, 3.63) is 59.7 Å². The number of hydrogen-bond acceptors (Lipinski definition) is 4. The number of carbonyl (C=O) groups is 2. The highest BCUT2D eigenvalue weighted by Gasteiger charge is 2.14. The van der Waals surface area contributed by atoms with Gasteiger partial charge in [-0.2, -0.15) is 0 Å². The van der Waals surface area contributed by atoms with Gasteiger partial charge in [-0.3, -0.25) is 19.1 Å². The first-order valence-electron chi connectivity index (χ1n) is 8.91. The first kappa shape index (κ1) is 17.9. The van der Waals surface area contributed by atoms with E-state index in [1.807, 2.05) is 18.2 Å². The third kappa shape index (κ3) is 4.59. The lowest BCUT2D eigenvalue weighted by Gasteiger charge is -2.17. The van der Waals surface area contributed by atoms with Crippen molar-refractivity contribution in [3.8, 4) is 5.75 Å². The molecule has 6 heteroatoms. The third-order valence-corrected chi connectivity index (χ3v) is 4.41. The van der Waals surface area contributed by atoms with Crippen molar-refractivity contribution in [1.29, 1.82) is 0 Å². The Morgan fingerprint density at radius 1 is 1.12 bits per heavy atom. The summed E-state index contributed by atoms with van der Waals surface area (Å²) in [5.74, 6) is -0.325. The number of hydrogen-bond donors (Lipinski definition) is 1. The van der Waals surface area contributed by atoms with Crippen molar-refractivity contribution in [1.82, 2.24) is 4.57 Å². The standard InChI is InChI=1S/C20H23N3O3/c21-18(24)14-26-17-10-6-7-15(13-17)20(25)23-12-5-4-11-19(23)22-16-8-2-1-3-9-16/h4-7,10-13,16H,1-3,8-9,14H2,(H2,21,24). The van der Waals surface area contributed by atoms with E-state index < -0.39 is 5.91 Å². The van der Waals surface area contributed by atoms with Crippen molar-refractivity contribution >= 4 is 11.8 Å². The Balaban J connectivity index is 1.87. The van der Waals surface area contributed by atoms with E-state index >= 15 is 0 Å². The summed E-state index contributed by atoms with van der Waals surface area (Å²) in [7, 11) is 0. The van der Waals surface area contributed by atoms with E-state index in [-0.39, 0.29) is 18.6 Å². The number of ether oxygens (including phenoxy) is 1. The third-order valence-electron chi connectivity index (χ3n) is 4.41. The summed E-state index contributed by atoms with van der Waals surface area (Å²) in [5.41, 5.74) is 6.21. The second-order valence-electron chi connectivity index (χ2n) is 6.44. The van der Waals surface area contributed by atoms with E-state index in [4.69, 9.17) is 15.5 Å². The summed E-state index contributed by atoms with van der Waals surface area (Å²) in [5, 5.41) is 0. The second kappa shape index (κ2) is 8.47. The number of carbonyl (C=O) groups excluding carboxylic acids is 2. The topological polar surface area (TPSA) is 86.7 Å². The molecule has 0 radical (unpaired) electrons. The number of primary amides is 1. The number of nitrogens with two attached hydrogens (primary N) is 1. The average Bonchev–Trinajstić information content (AvgIpc) is 2.67. The van der Waals surface area contributed by atoms with Gasteiger partial charge in [-0.15, -0.1) is 0 Å². The maximum Gasteiger partial charge on any atom is 0.263 e. The van der Waals surface area contributed by atoms with E-state index in [0.717, 1.165) is 12.8 Å². The lowest BCUT2D eigenvalue weighted by atomic mass is 9.96. The van der Waals surface area contributed by atoms with Gasteiger partial charge in [0.05, 0.1) is 6.04 Å². The number of rotatable bonds is 5. The zero-order valence-corrected chi connectivity index (χ0v) is 14.6. The highest BCUT2D eigenvalue weighted by atomic mass is 16.5. The molecule has 1 aliphatic rings. The number of amides is 1. The molecule has 6 nitrogen and oxygen atoms in total. The Morgan fingerprint density at radius 2 is 1.92 bits per heavy atom. The van der Waals surface area contributed by atoms with Crippen LogP contribution >= 0.6 is 0 Å². The van der Waals surface area contributed by atoms with Crippen LogP contribution in [0.1, 0.15) is 42.5 Å². The molecule has 26 heavy (non-hydrogen) atoms. The van der Waals surface area contributed by atoms with Gasteiger partial charge < -0.3 is 10.5 Å². The minimum atomic E-state index is -0.562. The molecule has 1 aromatic heterocycles. The Labute approximate surface area is 152 Å². The summed E-state index contributed by atoms with van der Waals surface area (Å²) >= 11 is 0. The molecular formula is C20H23N3O3. The summed E-state index contributed by atoms with van der Waals surface area (Å²) < 4.78 is 6.84. The van der Waals surface area contributed by atoms with Gasteiger partial charge in [-0.05, 0) is 43.2 Å². The van der Waals surface area contributed by atoms with Gasteiger partial charge in [0.25, 0.3) is 11.8 Å². The van der Waals surface area contributed by atoms with Gasteiger partial charge in [0, 0.05) is 11.8 Å². The molecule has 3 rings (SSSR count). The summed E-state index contributed by atoms with van der Waals surface area (Å²) in [4.78, 5) is 28.6. The summed E-state index contributed by atoms with van der Waals surface area (Å²) in [6, 6.07) is 12.5. The lowest BCUT2D eigenvalue weighted by molar-refractivity contribution is -0.119. The van der Waals surface area contributed by atoms with Crippen LogP contribution in [0.2, 0.25) is 0 Å². The molecule has 0 saturated heterocycles. The van der Waals surface area contributed by atoms with Gasteiger partial charge >= 0.3 is 0 Å². The SMILES string of the molecule is NC(=O)COc1cccc(C(=O)n2ccccc2=NC2CCCCC2)c1. The fourth-order valence-electron chi connectivity index (χ4n) is 3.12. The smallest absolute Gasteiger partial charge is 0.263 e. The van der Waals surface area contributed by atoms with Gasteiger partial charge in [0.2, 0.25) is 0 Å². The van der Waals surface area contributed by atoms with Crippen LogP contribution in [0.3, 0.4) is 0 Å². The monoisotopic (exact) mass is 353 g/mol. The minimum absolute atomic E-state index is 0.190. The first-order valence-corrected chi connectivity index (χ1v) is 8.91. The number of benzene rings is 1. The zero-order chi connectivity index (χ0) is 18.4. The number of aromatic nitrogens is 1. The van der Waals surface area contributed by atoms with Gasteiger partial charge in [0.1, 0.15) is 11.2 Å². The van der Waals surface area contributed by atoms with Crippen LogP contribution in [0.4, 0.5) is 0 Å². The Hall–Kier alpha value is -2.89. The molecule has 0 aliphatic heterocycles. The number of nitrogens with zero attached hydrogens (tertiary/aromatic N) is 2. The van der Waals surface area contributed by atoms with Crippen molar-refractivity contribution in [2.24, 2.45) is 10.7 Å². The molecule has 1 aliphatic carbocycles. The first-order chi connectivity index (χ1) is 12.6. The fourth-order valence-corrected chi connectivity index (χ4v) is 3.12.